The first kappa shape index (κ1) is 12.8. The summed E-state index contributed by atoms with van der Waals surface area (Å²) in [6.07, 6.45) is 0. The summed E-state index contributed by atoms with van der Waals surface area (Å²) in [6.45, 7) is 3.71. The minimum Gasteiger partial charge on any atom is -0.438 e. The second-order valence-corrected chi connectivity index (χ2v) is 4.37. The number of aromatic nitrogens is 2. The third kappa shape index (κ3) is 2.78. The van der Waals surface area contributed by atoms with Crippen LogP contribution in [-0.2, 0) is 6.61 Å². The molecule has 0 amide bonds. The van der Waals surface area contributed by atoms with Gasteiger partial charge in [0.2, 0.25) is 5.88 Å². The Hall–Kier alpha value is -1.65. The van der Waals surface area contributed by atoms with Crippen LogP contribution >= 0.6 is 11.6 Å². The summed E-state index contributed by atoms with van der Waals surface area (Å²) in [5.41, 5.74) is 2.41. The van der Waals surface area contributed by atoms with Gasteiger partial charge in [-0.1, -0.05) is 11.6 Å². The van der Waals surface area contributed by atoms with Gasteiger partial charge in [-0.05, 0) is 43.2 Å². The molecule has 0 fully saturated rings. The summed E-state index contributed by atoms with van der Waals surface area (Å²) in [7, 11) is 0. The lowest BCUT2D eigenvalue weighted by molar-refractivity contribution is 0.274. The standard InChI is InChI=1S/C13H13ClN2O2/c1-8-5-11(6-9(2)13(8)14)18-12-4-3-10(7-17)15-16-12/h3-6,17H,7H2,1-2H3. The van der Waals surface area contributed by atoms with E-state index in [0.717, 1.165) is 16.1 Å². The van der Waals surface area contributed by atoms with Crippen LogP contribution in [0, 0.1) is 13.8 Å². The summed E-state index contributed by atoms with van der Waals surface area (Å²) in [5, 5.41) is 17.3. The van der Waals surface area contributed by atoms with Crippen molar-refractivity contribution >= 4 is 11.6 Å². The fraction of sp³-hybridized carbons (Fsp3) is 0.231. The Labute approximate surface area is 110 Å². The van der Waals surface area contributed by atoms with E-state index in [1.165, 1.54) is 0 Å². The van der Waals surface area contributed by atoms with Crippen LogP contribution in [0.25, 0.3) is 0 Å². The number of hydrogen-bond acceptors (Lipinski definition) is 4. The van der Waals surface area contributed by atoms with Crippen molar-refractivity contribution in [3.8, 4) is 11.6 Å². The lowest BCUT2D eigenvalue weighted by Gasteiger charge is -2.08. The largest absolute Gasteiger partial charge is 0.438 e. The number of aliphatic hydroxyl groups is 1. The van der Waals surface area contributed by atoms with Crippen LogP contribution in [0.2, 0.25) is 5.02 Å². The van der Waals surface area contributed by atoms with Crippen LogP contribution in [-0.4, -0.2) is 15.3 Å². The Morgan fingerprint density at radius 2 is 1.83 bits per heavy atom. The Morgan fingerprint density at radius 3 is 2.33 bits per heavy atom. The smallest absolute Gasteiger partial charge is 0.238 e. The van der Waals surface area contributed by atoms with Gasteiger partial charge in [-0.25, -0.2) is 0 Å². The van der Waals surface area contributed by atoms with E-state index in [1.54, 1.807) is 12.1 Å². The van der Waals surface area contributed by atoms with E-state index in [-0.39, 0.29) is 6.61 Å². The zero-order chi connectivity index (χ0) is 13.1. The van der Waals surface area contributed by atoms with Crippen molar-refractivity contribution in [3.63, 3.8) is 0 Å². The number of benzene rings is 1. The molecule has 0 saturated carbocycles. The van der Waals surface area contributed by atoms with Gasteiger partial charge in [-0.15, -0.1) is 10.2 Å². The molecule has 1 aromatic carbocycles. The van der Waals surface area contributed by atoms with Gasteiger partial charge in [-0.3, -0.25) is 0 Å². The summed E-state index contributed by atoms with van der Waals surface area (Å²) in [4.78, 5) is 0. The number of halogens is 1. The number of aliphatic hydroxyl groups excluding tert-OH is 1. The van der Waals surface area contributed by atoms with Crippen LogP contribution in [0.15, 0.2) is 24.3 Å². The normalized spacial score (nSPS) is 10.4. The zero-order valence-corrected chi connectivity index (χ0v) is 10.9. The van der Waals surface area contributed by atoms with Gasteiger partial charge < -0.3 is 9.84 Å². The molecule has 94 valence electrons. The highest BCUT2D eigenvalue weighted by atomic mass is 35.5. The number of nitrogens with zero attached hydrogens (tertiary/aromatic N) is 2. The molecule has 5 heteroatoms. The molecule has 1 heterocycles. The molecule has 0 aliphatic heterocycles. The average molecular weight is 265 g/mol. The zero-order valence-electron chi connectivity index (χ0n) is 10.1. The molecule has 2 rings (SSSR count). The van der Waals surface area contributed by atoms with Gasteiger partial charge in [0, 0.05) is 11.1 Å². The van der Waals surface area contributed by atoms with E-state index in [1.807, 2.05) is 26.0 Å². The fourth-order valence-corrected chi connectivity index (χ4v) is 1.68. The summed E-state index contributed by atoms with van der Waals surface area (Å²) >= 11 is 6.08. The molecule has 0 bridgehead atoms. The first-order chi connectivity index (χ1) is 8.60. The maximum absolute atomic E-state index is 8.86. The number of aryl methyl sites for hydroxylation is 2. The van der Waals surface area contributed by atoms with Crippen LogP contribution in [0.1, 0.15) is 16.8 Å². The summed E-state index contributed by atoms with van der Waals surface area (Å²) in [5.74, 6) is 1.05. The maximum Gasteiger partial charge on any atom is 0.238 e. The van der Waals surface area contributed by atoms with Gasteiger partial charge in [0.1, 0.15) is 5.75 Å². The Morgan fingerprint density at radius 1 is 1.17 bits per heavy atom. The molecular weight excluding hydrogens is 252 g/mol. The molecule has 0 aliphatic carbocycles. The van der Waals surface area contributed by atoms with E-state index in [0.29, 0.717) is 17.3 Å². The van der Waals surface area contributed by atoms with Crippen molar-refractivity contribution in [2.45, 2.75) is 20.5 Å². The summed E-state index contributed by atoms with van der Waals surface area (Å²) < 4.78 is 5.58. The maximum atomic E-state index is 8.86. The number of hydrogen-bond donors (Lipinski definition) is 1. The molecular formula is C13H13ClN2O2. The molecule has 1 N–H and O–H groups in total. The third-order valence-corrected chi connectivity index (χ3v) is 3.09. The predicted octanol–water partition coefficient (Wildman–Crippen LogP) is 3.03. The average Bonchev–Trinajstić information content (AvgIpc) is 2.37. The van der Waals surface area contributed by atoms with E-state index in [9.17, 15) is 0 Å². The monoisotopic (exact) mass is 264 g/mol. The van der Waals surface area contributed by atoms with E-state index < -0.39 is 0 Å². The molecule has 0 unspecified atom stereocenters. The highest BCUT2D eigenvalue weighted by molar-refractivity contribution is 6.32. The Kier molecular flexibility index (Phi) is 3.79. The van der Waals surface area contributed by atoms with E-state index in [2.05, 4.69) is 10.2 Å². The topological polar surface area (TPSA) is 55.2 Å². The van der Waals surface area contributed by atoms with Crippen molar-refractivity contribution in [2.24, 2.45) is 0 Å². The van der Waals surface area contributed by atoms with Gasteiger partial charge in [-0.2, -0.15) is 0 Å². The lowest BCUT2D eigenvalue weighted by atomic mass is 10.1. The van der Waals surface area contributed by atoms with Gasteiger partial charge in [0.15, 0.2) is 0 Å². The first-order valence-electron chi connectivity index (χ1n) is 5.48. The van der Waals surface area contributed by atoms with Crippen LogP contribution in [0.4, 0.5) is 0 Å². The third-order valence-electron chi connectivity index (χ3n) is 2.49. The SMILES string of the molecule is Cc1cc(Oc2ccc(CO)nn2)cc(C)c1Cl. The van der Waals surface area contributed by atoms with Gasteiger partial charge >= 0.3 is 0 Å². The second kappa shape index (κ2) is 5.33. The van der Waals surface area contributed by atoms with Crippen molar-refractivity contribution in [2.75, 3.05) is 0 Å². The Bertz CT molecular complexity index is 532. The minimum absolute atomic E-state index is 0.132. The molecule has 0 aliphatic rings. The lowest BCUT2D eigenvalue weighted by Crippen LogP contribution is -1.95. The molecule has 18 heavy (non-hydrogen) atoms. The Balaban J connectivity index is 2.23. The van der Waals surface area contributed by atoms with Gasteiger partial charge in [0.25, 0.3) is 0 Å². The molecule has 0 atom stereocenters. The highest BCUT2D eigenvalue weighted by Gasteiger charge is 2.05. The molecule has 0 radical (unpaired) electrons. The molecule has 4 nitrogen and oxygen atoms in total. The van der Waals surface area contributed by atoms with E-state index in [4.69, 9.17) is 21.4 Å². The van der Waals surface area contributed by atoms with Crippen molar-refractivity contribution in [1.82, 2.24) is 10.2 Å². The van der Waals surface area contributed by atoms with Gasteiger partial charge in [0.05, 0.1) is 12.3 Å². The molecule has 2 aromatic rings. The van der Waals surface area contributed by atoms with Crippen LogP contribution < -0.4 is 4.74 Å². The molecule has 1 aromatic heterocycles. The van der Waals surface area contributed by atoms with E-state index >= 15 is 0 Å². The van der Waals surface area contributed by atoms with Crippen LogP contribution in [0.5, 0.6) is 11.6 Å². The van der Waals surface area contributed by atoms with Crippen molar-refractivity contribution in [1.29, 1.82) is 0 Å². The number of ether oxygens (including phenoxy) is 1. The first-order valence-corrected chi connectivity index (χ1v) is 5.86. The highest BCUT2D eigenvalue weighted by Crippen LogP contribution is 2.28. The second-order valence-electron chi connectivity index (χ2n) is 3.99. The van der Waals surface area contributed by atoms with Crippen LogP contribution in [0.3, 0.4) is 0 Å². The minimum atomic E-state index is -0.132. The molecule has 0 spiro atoms. The fourth-order valence-electron chi connectivity index (χ4n) is 1.57. The summed E-state index contributed by atoms with van der Waals surface area (Å²) in [6, 6.07) is 7.02. The molecule has 0 saturated heterocycles. The predicted molar refractivity (Wildman–Crippen MR) is 69.0 cm³/mol. The quantitative estimate of drug-likeness (QED) is 0.926. The number of rotatable bonds is 3. The van der Waals surface area contributed by atoms with Crippen molar-refractivity contribution in [3.05, 3.63) is 46.1 Å². The van der Waals surface area contributed by atoms with Crippen molar-refractivity contribution < 1.29 is 9.84 Å².